The van der Waals surface area contributed by atoms with Crippen molar-refractivity contribution >= 4 is 39.3 Å². The Bertz CT molecular complexity index is 2310. The number of ketones is 1. The normalized spacial score (nSPS) is 17.2. The fraction of sp³-hybridized carbons (Fsp3) is 0.348. The number of carbonyl (C=O) groups excluding carboxylic acids is 1. The number of rotatable bonds is 15. The van der Waals surface area contributed by atoms with Gasteiger partial charge in [0.05, 0.1) is 0 Å². The summed E-state index contributed by atoms with van der Waals surface area (Å²) >= 11 is 0. The molecule has 12 heteroatoms. The molecule has 2 aliphatic rings. The second-order valence-corrected chi connectivity index (χ2v) is 15.5. The maximum atomic E-state index is 13.2. The number of anilines is 2. The van der Waals surface area contributed by atoms with Crippen molar-refractivity contribution in [2.45, 2.75) is 91.1 Å². The van der Waals surface area contributed by atoms with E-state index in [9.17, 15) is 4.79 Å². The summed E-state index contributed by atoms with van der Waals surface area (Å²) in [5, 5.41) is 0. The molecule has 6 rings (SSSR count). The molecule has 0 fully saturated rings. The quantitative estimate of drug-likeness (QED) is 0.0734. The first-order chi connectivity index (χ1) is 27.3. The molecule has 0 amide bonds. The molecule has 0 bridgehead atoms. The average Bonchev–Trinajstić information content (AvgIpc) is 3.55. The Balaban J connectivity index is 0.00000142. The summed E-state index contributed by atoms with van der Waals surface area (Å²) in [6.45, 7) is 15.7. The van der Waals surface area contributed by atoms with E-state index < -0.39 is 10.6 Å². The number of carbonyl (C=O) groups is 1. The van der Waals surface area contributed by atoms with Gasteiger partial charge in [-0.1, -0.05) is 79.6 Å². The topological polar surface area (TPSA) is 136 Å². The molecule has 10 nitrogen and oxygen atoms in total. The number of nitrogen functional groups attached to an aromatic ring is 1. The van der Waals surface area contributed by atoms with Crippen LogP contribution >= 0.6 is 0 Å². The van der Waals surface area contributed by atoms with Crippen molar-refractivity contribution in [2.75, 3.05) is 23.7 Å². The first-order valence-electron chi connectivity index (χ1n) is 19.5. The molecule has 0 aliphatic carbocycles. The number of aromatic nitrogens is 2. The third kappa shape index (κ3) is 11.1. The number of allylic oxidation sites excluding steroid dienone is 6. The molecule has 0 saturated carbocycles. The molecule has 0 radical (unpaired) electrons. The summed E-state index contributed by atoms with van der Waals surface area (Å²) in [6, 6.07) is 26.5. The smallest absolute Gasteiger partial charge is 0.459 e. The average molecular weight is 811 g/mol. The van der Waals surface area contributed by atoms with Crippen molar-refractivity contribution in [1.29, 1.82) is 0 Å². The van der Waals surface area contributed by atoms with Gasteiger partial charge in [0.1, 0.15) is 30.4 Å². The summed E-state index contributed by atoms with van der Waals surface area (Å²) in [7, 11) is -3.11. The Morgan fingerprint density at radius 1 is 0.966 bits per heavy atom. The Morgan fingerprint density at radius 3 is 2.38 bits per heavy atom. The van der Waals surface area contributed by atoms with E-state index in [2.05, 4.69) is 140 Å². The van der Waals surface area contributed by atoms with E-state index in [4.69, 9.17) is 23.1 Å². The van der Waals surface area contributed by atoms with E-state index >= 15 is 0 Å². The number of ether oxygens (including phenoxy) is 1. The van der Waals surface area contributed by atoms with Gasteiger partial charge >= 0.3 is 46.2 Å². The number of fused-ring (bicyclic) bond motifs is 2. The minimum atomic E-state index is -3.11. The van der Waals surface area contributed by atoms with Crippen LogP contribution in [0.1, 0.15) is 88.1 Å². The molecule has 1 aromatic heterocycles. The van der Waals surface area contributed by atoms with Crippen molar-refractivity contribution in [2.24, 2.45) is 0 Å². The van der Waals surface area contributed by atoms with Crippen LogP contribution in [-0.4, -0.2) is 51.8 Å². The molecule has 0 saturated heterocycles. The molecule has 1 atom stereocenters. The Kier molecular flexibility index (Phi) is 16.5. The van der Waals surface area contributed by atoms with Crippen LogP contribution in [0, 0.1) is 13.0 Å². The van der Waals surface area contributed by atoms with E-state index in [0.717, 1.165) is 43.5 Å². The van der Waals surface area contributed by atoms with Crippen LogP contribution in [0.3, 0.4) is 0 Å². The van der Waals surface area contributed by atoms with Crippen LogP contribution in [0.15, 0.2) is 109 Å². The number of hydrogen-bond donors (Lipinski definition) is 1. The predicted octanol–water partition coefficient (Wildman–Crippen LogP) is 5.31. The molecule has 4 aromatic rings. The first kappa shape index (κ1) is 46.0. The van der Waals surface area contributed by atoms with Gasteiger partial charge in [-0.3, -0.25) is 4.79 Å². The summed E-state index contributed by atoms with van der Waals surface area (Å²) in [6.07, 6.45) is 16.2. The molecule has 58 heavy (non-hydrogen) atoms. The molecule has 1 unspecified atom stereocenters. The third-order valence-electron chi connectivity index (χ3n) is 10.9. The van der Waals surface area contributed by atoms with Crippen LogP contribution in [0.4, 0.5) is 17.2 Å². The fourth-order valence-corrected chi connectivity index (χ4v) is 7.95. The van der Waals surface area contributed by atoms with Crippen molar-refractivity contribution < 1.29 is 56.3 Å². The van der Waals surface area contributed by atoms with Gasteiger partial charge in [-0.2, -0.15) is 23.2 Å². The molecular weight excluding hydrogens is 758 g/mol. The van der Waals surface area contributed by atoms with Gasteiger partial charge in [-0.25, -0.2) is 9.56 Å². The summed E-state index contributed by atoms with van der Waals surface area (Å²) < 4.78 is 33.4. The Hall–Kier alpha value is -4.68. The van der Waals surface area contributed by atoms with Gasteiger partial charge in [-0.15, -0.1) is 18.7 Å². The largest absolute Gasteiger partial charge is 1.00 e. The van der Waals surface area contributed by atoms with Gasteiger partial charge in [0, 0.05) is 53.9 Å². The van der Waals surface area contributed by atoms with Gasteiger partial charge < -0.3 is 15.4 Å². The standard InChI is InChI=1S/C46H53N5O2.Na.O3S/c1-7-50-39-17-13-12-16-37(39)45(4,5)41(50)18-10-9-11-19-42-46(6,38-31-33(3)20-27-40(38)51(42)8-2)29-14-15-36(52)26-25-34-21-23-35(24-22-34)32-53-44-48-30-28-43(47)49-44;;1-4(2)3/h9-11,13,16-24,27-28,30-31H,7-8,14-15,25-26,29,32H2,1-6H3,(H2,47,48,49);;/q;+1;. The van der Waals surface area contributed by atoms with Crippen LogP contribution in [0.25, 0.3) is 0 Å². The predicted molar refractivity (Wildman–Crippen MR) is 226 cm³/mol. The summed E-state index contributed by atoms with van der Waals surface area (Å²) in [5.74, 6) is 0.680. The second-order valence-electron chi connectivity index (χ2n) is 15.1. The third-order valence-corrected chi connectivity index (χ3v) is 10.9. The van der Waals surface area contributed by atoms with E-state index in [1.807, 2.05) is 18.2 Å². The number of hydrogen-bond acceptors (Lipinski definition) is 9. The monoisotopic (exact) mass is 810 g/mol. The van der Waals surface area contributed by atoms with Crippen LogP contribution < -0.4 is 44.9 Å². The number of benzene rings is 3. The number of nitrogens with zero attached hydrogens (tertiary/aromatic N) is 4. The maximum Gasteiger partial charge on any atom is 1.00 e. The van der Waals surface area contributed by atoms with E-state index in [1.54, 1.807) is 12.3 Å². The molecule has 3 aromatic carbocycles. The molecule has 2 aliphatic heterocycles. The molecule has 3 heterocycles. The Labute approximate surface area is 367 Å². The van der Waals surface area contributed by atoms with Crippen LogP contribution in [0.2, 0.25) is 0 Å². The van der Waals surface area contributed by atoms with E-state index in [-0.39, 0.29) is 46.4 Å². The van der Waals surface area contributed by atoms with E-state index in [1.165, 1.54) is 39.5 Å². The number of aryl methyl sites for hydroxylation is 2. The van der Waals surface area contributed by atoms with Gasteiger partial charge in [0.25, 0.3) is 0 Å². The minimum Gasteiger partial charge on any atom is -0.459 e. The fourth-order valence-electron chi connectivity index (χ4n) is 7.95. The molecular formula is C46H53N5NaO5S+. The SMILES string of the molecule is CCN1/C(=C/C=C/C=C/C2=[N+](CC)c3cc[c-]cc3C2(C)C)C(C)(CCCC(=O)CCc2ccc(COc3nccc(N)n3)cc2)c2cc(C)ccc21.O=S(=O)=O.[Na+]. The van der Waals surface area contributed by atoms with Crippen molar-refractivity contribution in [3.05, 3.63) is 143 Å². The minimum absolute atomic E-state index is 0. The van der Waals surface area contributed by atoms with Crippen LogP contribution in [0.5, 0.6) is 6.01 Å². The van der Waals surface area contributed by atoms with Gasteiger partial charge in [0.2, 0.25) is 0 Å². The number of Topliss-reactive ketones (excluding diaryl/α,β-unsaturated/α-hetero) is 1. The molecule has 298 valence electrons. The van der Waals surface area contributed by atoms with Gasteiger partial charge in [-0.05, 0) is 81.9 Å². The molecule has 0 spiro atoms. The summed E-state index contributed by atoms with van der Waals surface area (Å²) in [5.41, 5.74) is 16.6. The van der Waals surface area contributed by atoms with E-state index in [0.29, 0.717) is 31.0 Å². The zero-order valence-corrected chi connectivity index (χ0v) is 37.6. The number of nitrogens with two attached hydrogens (primary N) is 1. The molecule has 2 N–H and O–H groups in total. The first-order valence-corrected chi connectivity index (χ1v) is 20.5. The zero-order chi connectivity index (χ0) is 41.2. The van der Waals surface area contributed by atoms with Crippen molar-refractivity contribution in [1.82, 2.24) is 9.97 Å². The second kappa shape index (κ2) is 20.8. The summed E-state index contributed by atoms with van der Waals surface area (Å²) in [4.78, 5) is 23.8. The van der Waals surface area contributed by atoms with Crippen LogP contribution in [-0.2, 0) is 39.3 Å². The zero-order valence-electron chi connectivity index (χ0n) is 34.8. The Morgan fingerprint density at radius 2 is 1.69 bits per heavy atom. The number of likely N-dealkylation sites (N-methyl/N-ethyl adjacent to an activating group) is 1. The van der Waals surface area contributed by atoms with Crippen molar-refractivity contribution in [3.63, 3.8) is 0 Å². The van der Waals surface area contributed by atoms with Gasteiger partial charge in [0.15, 0.2) is 5.71 Å². The van der Waals surface area contributed by atoms with Crippen molar-refractivity contribution in [3.8, 4) is 6.01 Å². The maximum absolute atomic E-state index is 13.2.